The number of benzene rings is 8. The van der Waals surface area contributed by atoms with E-state index in [-0.39, 0.29) is 5.41 Å². The van der Waals surface area contributed by atoms with Gasteiger partial charge >= 0.3 is 0 Å². The third kappa shape index (κ3) is 5.12. The van der Waals surface area contributed by atoms with Gasteiger partial charge in [-0.15, -0.1) is 0 Å². The van der Waals surface area contributed by atoms with Crippen LogP contribution in [0.25, 0.3) is 88.4 Å². The summed E-state index contributed by atoms with van der Waals surface area (Å²) in [4.78, 5) is 5.05. The number of hydrogen-bond acceptors (Lipinski definition) is 1. The molecule has 0 saturated heterocycles. The molecule has 0 spiro atoms. The molecule has 0 aliphatic heterocycles. The first-order chi connectivity index (χ1) is 26.0. The Bertz CT molecular complexity index is 2750. The van der Waals surface area contributed by atoms with Gasteiger partial charge in [-0.25, -0.2) is 0 Å². The molecule has 8 aromatic carbocycles. The van der Waals surface area contributed by atoms with Crippen LogP contribution < -0.4 is 0 Å². The van der Waals surface area contributed by atoms with Crippen molar-refractivity contribution in [3.8, 4) is 66.9 Å². The molecule has 10 rings (SSSR count). The number of hydrogen-bond donors (Lipinski definition) is 0. The Labute approximate surface area is 310 Å². The van der Waals surface area contributed by atoms with Crippen LogP contribution in [0.3, 0.4) is 0 Å². The van der Waals surface area contributed by atoms with E-state index in [4.69, 9.17) is 4.98 Å². The second kappa shape index (κ2) is 12.3. The molecule has 0 atom stereocenters. The Morgan fingerprint density at radius 1 is 0.340 bits per heavy atom. The average molecular weight is 676 g/mol. The highest BCUT2D eigenvalue weighted by Gasteiger charge is 2.35. The van der Waals surface area contributed by atoms with Gasteiger partial charge in [0.1, 0.15) is 0 Å². The summed E-state index contributed by atoms with van der Waals surface area (Å²) in [7, 11) is 0. The number of aromatic nitrogens is 1. The van der Waals surface area contributed by atoms with E-state index in [1.165, 1.54) is 82.7 Å². The first-order valence-electron chi connectivity index (χ1n) is 18.5. The van der Waals surface area contributed by atoms with E-state index >= 15 is 0 Å². The van der Waals surface area contributed by atoms with E-state index in [0.717, 1.165) is 16.8 Å². The molecule has 1 heterocycles. The van der Waals surface area contributed by atoms with Crippen LogP contribution in [0, 0.1) is 0 Å². The normalized spacial score (nSPS) is 12.9. The molecule has 0 bridgehead atoms. The number of nitrogens with zero attached hydrogens (tertiary/aromatic N) is 1. The van der Waals surface area contributed by atoms with Crippen molar-refractivity contribution in [3.63, 3.8) is 0 Å². The molecular formula is C52H37N. The quantitative estimate of drug-likeness (QED) is 0.165. The van der Waals surface area contributed by atoms with Crippen LogP contribution in [0.5, 0.6) is 0 Å². The van der Waals surface area contributed by atoms with Crippen LogP contribution >= 0.6 is 0 Å². The third-order valence-corrected chi connectivity index (χ3v) is 11.4. The van der Waals surface area contributed by atoms with E-state index < -0.39 is 0 Å². The molecule has 250 valence electrons. The predicted molar refractivity (Wildman–Crippen MR) is 224 cm³/mol. The monoisotopic (exact) mass is 675 g/mol. The SMILES string of the molecule is CC1(C)c2ccccc2-c2ccc(-c3ccc(-c4ccc(-c5c6ccccc6c(-c6ccc(-c7ccccc7)cc6)c6ccccc56)cn4)cc3)cc21. The van der Waals surface area contributed by atoms with Gasteiger partial charge < -0.3 is 0 Å². The highest BCUT2D eigenvalue weighted by Crippen LogP contribution is 2.49. The zero-order valence-corrected chi connectivity index (χ0v) is 29.8. The molecule has 1 aliphatic rings. The lowest BCUT2D eigenvalue weighted by molar-refractivity contribution is 0.660. The van der Waals surface area contributed by atoms with E-state index in [0.29, 0.717) is 0 Å². The molecule has 9 aromatic rings. The molecule has 0 N–H and O–H groups in total. The standard InChI is InChI=1S/C52H37N/c1-52(2)47-19-11-10-14-41(47)42-30-28-39(32-48(42)52)36-20-24-37(25-21-36)49-31-29-40(33-53-49)51-45-17-8-6-15-43(45)50(44-16-7-9-18-46(44)51)38-26-22-35(23-27-38)34-12-4-3-5-13-34/h3-33H,1-2H3. The lowest BCUT2D eigenvalue weighted by Crippen LogP contribution is -2.14. The van der Waals surface area contributed by atoms with Crippen LogP contribution in [0.1, 0.15) is 25.0 Å². The highest BCUT2D eigenvalue weighted by molar-refractivity contribution is 6.21. The van der Waals surface area contributed by atoms with Crippen molar-refractivity contribution >= 4 is 21.5 Å². The molecule has 0 unspecified atom stereocenters. The molecule has 1 aliphatic carbocycles. The van der Waals surface area contributed by atoms with E-state index in [9.17, 15) is 0 Å². The van der Waals surface area contributed by atoms with E-state index in [1.54, 1.807) is 0 Å². The van der Waals surface area contributed by atoms with Crippen molar-refractivity contribution in [2.75, 3.05) is 0 Å². The lowest BCUT2D eigenvalue weighted by Gasteiger charge is -2.22. The van der Waals surface area contributed by atoms with Crippen LogP contribution in [0.15, 0.2) is 188 Å². The average Bonchev–Trinajstić information content (AvgIpc) is 3.46. The molecular weight excluding hydrogens is 639 g/mol. The lowest BCUT2D eigenvalue weighted by atomic mass is 9.81. The molecule has 0 radical (unpaired) electrons. The fourth-order valence-electron chi connectivity index (χ4n) is 8.64. The summed E-state index contributed by atoms with van der Waals surface area (Å²) >= 11 is 0. The van der Waals surface area contributed by atoms with Gasteiger partial charge in [-0.1, -0.05) is 184 Å². The first-order valence-corrected chi connectivity index (χ1v) is 18.5. The van der Waals surface area contributed by atoms with Gasteiger partial charge in [0.15, 0.2) is 0 Å². The molecule has 0 fully saturated rings. The molecule has 1 heteroatoms. The Morgan fingerprint density at radius 2 is 0.792 bits per heavy atom. The molecule has 53 heavy (non-hydrogen) atoms. The van der Waals surface area contributed by atoms with Crippen LogP contribution in [-0.4, -0.2) is 4.98 Å². The van der Waals surface area contributed by atoms with E-state index in [1.807, 2.05) is 6.20 Å². The fraction of sp³-hybridized carbons (Fsp3) is 0.0577. The predicted octanol–water partition coefficient (Wildman–Crippen LogP) is 14.0. The van der Waals surface area contributed by atoms with Crippen molar-refractivity contribution in [2.45, 2.75) is 19.3 Å². The number of pyridine rings is 1. The van der Waals surface area contributed by atoms with Crippen molar-refractivity contribution in [1.82, 2.24) is 4.98 Å². The summed E-state index contributed by atoms with van der Waals surface area (Å²) < 4.78 is 0. The topological polar surface area (TPSA) is 12.9 Å². The van der Waals surface area contributed by atoms with Crippen LogP contribution in [0.2, 0.25) is 0 Å². The van der Waals surface area contributed by atoms with Gasteiger partial charge in [-0.3, -0.25) is 4.98 Å². The first kappa shape index (κ1) is 31.2. The van der Waals surface area contributed by atoms with Crippen molar-refractivity contribution in [3.05, 3.63) is 199 Å². The third-order valence-electron chi connectivity index (χ3n) is 11.4. The smallest absolute Gasteiger partial charge is 0.0702 e. The van der Waals surface area contributed by atoms with Crippen LogP contribution in [0.4, 0.5) is 0 Å². The van der Waals surface area contributed by atoms with Crippen molar-refractivity contribution in [2.24, 2.45) is 0 Å². The van der Waals surface area contributed by atoms with Gasteiger partial charge in [-0.2, -0.15) is 0 Å². The fourth-order valence-corrected chi connectivity index (χ4v) is 8.64. The number of fused-ring (bicyclic) bond motifs is 5. The minimum atomic E-state index is -0.0152. The maximum atomic E-state index is 5.05. The summed E-state index contributed by atoms with van der Waals surface area (Å²) in [6.45, 7) is 4.68. The Kier molecular flexibility index (Phi) is 7.23. The minimum Gasteiger partial charge on any atom is -0.256 e. The summed E-state index contributed by atoms with van der Waals surface area (Å²) in [5.74, 6) is 0. The van der Waals surface area contributed by atoms with Gasteiger partial charge in [-0.05, 0) is 94.9 Å². The van der Waals surface area contributed by atoms with Gasteiger partial charge in [0.25, 0.3) is 0 Å². The maximum absolute atomic E-state index is 5.05. The van der Waals surface area contributed by atoms with Crippen LogP contribution in [-0.2, 0) is 5.41 Å². The Morgan fingerprint density at radius 3 is 1.42 bits per heavy atom. The summed E-state index contributed by atoms with van der Waals surface area (Å²) in [6, 6.07) is 66.2. The van der Waals surface area contributed by atoms with Crippen molar-refractivity contribution < 1.29 is 0 Å². The zero-order valence-electron chi connectivity index (χ0n) is 29.8. The zero-order chi connectivity index (χ0) is 35.5. The molecule has 0 amide bonds. The Balaban J connectivity index is 0.995. The van der Waals surface area contributed by atoms with Gasteiger partial charge in [0.05, 0.1) is 5.69 Å². The van der Waals surface area contributed by atoms with Gasteiger partial charge in [0.2, 0.25) is 0 Å². The molecule has 0 saturated carbocycles. The summed E-state index contributed by atoms with van der Waals surface area (Å²) in [5.41, 5.74) is 17.3. The van der Waals surface area contributed by atoms with Gasteiger partial charge in [0, 0.05) is 22.7 Å². The molecule has 1 aromatic heterocycles. The minimum absolute atomic E-state index is 0.0152. The largest absolute Gasteiger partial charge is 0.256 e. The van der Waals surface area contributed by atoms with Crippen molar-refractivity contribution in [1.29, 1.82) is 0 Å². The number of rotatable bonds is 5. The molecule has 1 nitrogen and oxygen atoms in total. The Hall–Kier alpha value is -6.57. The summed E-state index contributed by atoms with van der Waals surface area (Å²) in [6.07, 6.45) is 2.05. The summed E-state index contributed by atoms with van der Waals surface area (Å²) in [5, 5.41) is 4.94. The van der Waals surface area contributed by atoms with E-state index in [2.05, 4.69) is 196 Å². The maximum Gasteiger partial charge on any atom is 0.0702 e. The second-order valence-corrected chi connectivity index (χ2v) is 14.7. The highest BCUT2D eigenvalue weighted by atomic mass is 14.7. The second-order valence-electron chi connectivity index (χ2n) is 14.7.